The lowest BCUT2D eigenvalue weighted by atomic mass is 10.1. The first-order chi connectivity index (χ1) is 14.5. The monoisotopic (exact) mass is 405 g/mol. The number of aromatic nitrogens is 5. The Labute approximate surface area is 173 Å². The molecule has 3 rings (SSSR count). The molecule has 0 aliphatic heterocycles. The highest BCUT2D eigenvalue weighted by atomic mass is 19.1. The molecule has 30 heavy (non-hydrogen) atoms. The van der Waals surface area contributed by atoms with Gasteiger partial charge in [-0.15, -0.1) is 5.10 Å². The number of halogens is 1. The molecule has 3 aromatic rings. The van der Waals surface area contributed by atoms with Crippen LogP contribution < -0.4 is 0 Å². The molecule has 0 aliphatic carbocycles. The molecule has 0 unspecified atom stereocenters. The zero-order chi connectivity index (χ0) is 21.7. The molecule has 152 valence electrons. The Kier molecular flexibility index (Phi) is 6.17. The van der Waals surface area contributed by atoms with Crippen LogP contribution in [-0.4, -0.2) is 32.2 Å². The normalized spacial score (nSPS) is 12.6. The van der Waals surface area contributed by atoms with Crippen LogP contribution in [0.15, 0.2) is 84.4 Å². The molecular weight excluding hydrogens is 385 g/mol. The molecule has 0 bridgehead atoms. The van der Waals surface area contributed by atoms with E-state index in [9.17, 15) is 4.39 Å². The number of nitrogens with zero attached hydrogens (tertiary/aromatic N) is 5. The molecule has 0 amide bonds. The third kappa shape index (κ3) is 3.75. The summed E-state index contributed by atoms with van der Waals surface area (Å²) < 4.78 is 26.4. The molecule has 0 spiro atoms. The maximum absolute atomic E-state index is 14.4. The minimum Gasteiger partial charge on any atom is -0.501 e. The quantitative estimate of drug-likeness (QED) is 0.385. The van der Waals surface area contributed by atoms with Crippen molar-refractivity contribution >= 4 is 11.3 Å². The minimum absolute atomic E-state index is 0.0873. The van der Waals surface area contributed by atoms with Gasteiger partial charge >= 0.3 is 0 Å². The summed E-state index contributed by atoms with van der Waals surface area (Å²) in [5.41, 5.74) is 2.13. The van der Waals surface area contributed by atoms with Crippen molar-refractivity contribution in [3.63, 3.8) is 0 Å². The number of hydrogen-bond donors (Lipinski definition) is 0. The van der Waals surface area contributed by atoms with E-state index in [-0.39, 0.29) is 23.1 Å². The molecule has 0 saturated carbocycles. The second kappa shape index (κ2) is 8.95. The van der Waals surface area contributed by atoms with Crippen LogP contribution in [-0.2, 0) is 4.74 Å². The standard InChI is InChI=1S/C22H20FN5O2/c1-6-16(14(4)29-5)21-24-22(30-26-21)19-20(15-12-10-9-11-13-15)28(27-25-19)18(8-3)17(23)7-2/h6-13H,1-3H2,4-5H3/b16-14-,18-17-. The first kappa shape index (κ1) is 20.7. The van der Waals surface area contributed by atoms with Gasteiger partial charge in [-0.1, -0.05) is 66.5 Å². The van der Waals surface area contributed by atoms with Gasteiger partial charge in [0.1, 0.15) is 23.0 Å². The Bertz CT molecular complexity index is 1160. The van der Waals surface area contributed by atoms with Crippen LogP contribution in [0.4, 0.5) is 4.39 Å². The van der Waals surface area contributed by atoms with E-state index in [0.29, 0.717) is 17.0 Å². The van der Waals surface area contributed by atoms with Gasteiger partial charge in [0.15, 0.2) is 5.69 Å². The Hall–Kier alpha value is -4.07. The van der Waals surface area contributed by atoms with Crippen molar-refractivity contribution in [1.29, 1.82) is 0 Å². The summed E-state index contributed by atoms with van der Waals surface area (Å²) >= 11 is 0. The summed E-state index contributed by atoms with van der Waals surface area (Å²) in [6, 6.07) is 9.24. The van der Waals surface area contributed by atoms with Crippen LogP contribution >= 0.6 is 0 Å². The molecule has 0 N–H and O–H groups in total. The molecule has 2 aromatic heterocycles. The molecule has 0 radical (unpaired) electrons. The van der Waals surface area contributed by atoms with Crippen LogP contribution in [0.3, 0.4) is 0 Å². The van der Waals surface area contributed by atoms with Gasteiger partial charge in [-0.3, -0.25) is 0 Å². The average molecular weight is 405 g/mol. The Morgan fingerprint density at radius 1 is 1.13 bits per heavy atom. The van der Waals surface area contributed by atoms with Gasteiger partial charge < -0.3 is 9.26 Å². The summed E-state index contributed by atoms with van der Waals surface area (Å²) in [6.07, 6.45) is 3.98. The third-order valence-electron chi connectivity index (χ3n) is 4.32. The maximum atomic E-state index is 14.4. The Balaban J connectivity index is 2.24. The highest BCUT2D eigenvalue weighted by molar-refractivity contribution is 5.79. The first-order valence-corrected chi connectivity index (χ1v) is 8.93. The van der Waals surface area contributed by atoms with E-state index < -0.39 is 5.83 Å². The van der Waals surface area contributed by atoms with Crippen molar-refractivity contribution in [1.82, 2.24) is 25.1 Å². The summed E-state index contributed by atoms with van der Waals surface area (Å²) in [5.74, 6) is 0.372. The van der Waals surface area contributed by atoms with E-state index in [4.69, 9.17) is 9.26 Å². The van der Waals surface area contributed by atoms with Crippen molar-refractivity contribution < 1.29 is 13.7 Å². The molecule has 2 heterocycles. The molecule has 0 aliphatic rings. The van der Waals surface area contributed by atoms with E-state index in [2.05, 4.69) is 40.2 Å². The Morgan fingerprint density at radius 3 is 2.47 bits per heavy atom. The number of rotatable bonds is 8. The van der Waals surface area contributed by atoms with Gasteiger partial charge in [-0.2, -0.15) is 4.98 Å². The average Bonchev–Trinajstić information content (AvgIpc) is 3.42. The molecule has 0 fully saturated rings. The predicted molar refractivity (Wildman–Crippen MR) is 113 cm³/mol. The molecular formula is C22H20FN5O2. The van der Waals surface area contributed by atoms with Crippen LogP contribution in [0.2, 0.25) is 0 Å². The molecule has 0 atom stereocenters. The number of benzene rings is 1. The van der Waals surface area contributed by atoms with E-state index in [1.165, 1.54) is 17.9 Å². The van der Waals surface area contributed by atoms with Crippen LogP contribution in [0, 0.1) is 0 Å². The number of methoxy groups -OCH3 is 1. The number of ether oxygens (including phenoxy) is 1. The fourth-order valence-corrected chi connectivity index (χ4v) is 2.77. The highest BCUT2D eigenvalue weighted by Gasteiger charge is 2.24. The summed E-state index contributed by atoms with van der Waals surface area (Å²) in [6.45, 7) is 12.7. The van der Waals surface area contributed by atoms with Gasteiger partial charge in [0.2, 0.25) is 5.82 Å². The largest absolute Gasteiger partial charge is 0.501 e. The van der Waals surface area contributed by atoms with E-state index in [0.717, 1.165) is 11.6 Å². The van der Waals surface area contributed by atoms with Gasteiger partial charge in [-0.25, -0.2) is 9.07 Å². The topological polar surface area (TPSA) is 78.9 Å². The minimum atomic E-state index is -0.600. The van der Waals surface area contributed by atoms with Gasteiger partial charge in [-0.05, 0) is 19.1 Å². The SMILES string of the molecule is C=C/C(F)=C(\C=C)n1nnc(-c2nc(/C(C=C)=C(/C)OC)no2)c1-c1ccccc1. The van der Waals surface area contributed by atoms with Crippen molar-refractivity contribution in [2.24, 2.45) is 0 Å². The zero-order valence-electron chi connectivity index (χ0n) is 16.7. The highest BCUT2D eigenvalue weighted by Crippen LogP contribution is 2.33. The van der Waals surface area contributed by atoms with Crippen molar-refractivity contribution in [2.75, 3.05) is 7.11 Å². The molecule has 8 heteroatoms. The van der Waals surface area contributed by atoms with Crippen LogP contribution in [0.25, 0.3) is 34.1 Å². The van der Waals surface area contributed by atoms with Crippen molar-refractivity contribution in [3.8, 4) is 22.8 Å². The molecule has 0 saturated heterocycles. The predicted octanol–water partition coefficient (Wildman–Crippen LogP) is 5.07. The second-order valence-electron chi connectivity index (χ2n) is 6.01. The van der Waals surface area contributed by atoms with Crippen molar-refractivity contribution in [2.45, 2.75) is 6.92 Å². The van der Waals surface area contributed by atoms with Crippen LogP contribution in [0.5, 0.6) is 0 Å². The summed E-state index contributed by atoms with van der Waals surface area (Å²) in [4.78, 5) is 4.41. The fourth-order valence-electron chi connectivity index (χ4n) is 2.77. The van der Waals surface area contributed by atoms with E-state index in [1.807, 2.05) is 30.3 Å². The summed E-state index contributed by atoms with van der Waals surface area (Å²) in [7, 11) is 1.54. The zero-order valence-corrected chi connectivity index (χ0v) is 16.7. The fraction of sp³-hybridized carbons (Fsp3) is 0.0909. The van der Waals surface area contributed by atoms with Crippen molar-refractivity contribution in [3.05, 3.63) is 85.7 Å². The van der Waals surface area contributed by atoms with E-state index >= 15 is 0 Å². The second-order valence-corrected chi connectivity index (χ2v) is 6.01. The lowest BCUT2D eigenvalue weighted by molar-refractivity contribution is 0.295. The number of allylic oxidation sites excluding steroid dienone is 7. The summed E-state index contributed by atoms with van der Waals surface area (Å²) in [5, 5.41) is 12.3. The van der Waals surface area contributed by atoms with Gasteiger partial charge in [0.05, 0.1) is 12.7 Å². The first-order valence-electron chi connectivity index (χ1n) is 8.93. The lowest BCUT2D eigenvalue weighted by Gasteiger charge is -2.08. The third-order valence-corrected chi connectivity index (χ3v) is 4.32. The smallest absolute Gasteiger partial charge is 0.281 e. The lowest BCUT2D eigenvalue weighted by Crippen LogP contribution is -2.02. The van der Waals surface area contributed by atoms with Gasteiger partial charge in [0, 0.05) is 5.56 Å². The number of hydrogen-bond acceptors (Lipinski definition) is 6. The maximum Gasteiger partial charge on any atom is 0.281 e. The van der Waals surface area contributed by atoms with Crippen LogP contribution in [0.1, 0.15) is 12.7 Å². The molecule has 7 nitrogen and oxygen atoms in total. The van der Waals surface area contributed by atoms with E-state index in [1.54, 1.807) is 13.0 Å². The molecule has 1 aromatic carbocycles. The van der Waals surface area contributed by atoms with Gasteiger partial charge in [0.25, 0.3) is 5.89 Å². The Morgan fingerprint density at radius 2 is 1.87 bits per heavy atom.